The lowest BCUT2D eigenvalue weighted by Crippen LogP contribution is -2.46. The lowest BCUT2D eigenvalue weighted by molar-refractivity contribution is 0.102. The average Bonchev–Trinajstić information content (AvgIpc) is 2.64. The molecular weight excluding hydrogens is 302 g/mol. The van der Waals surface area contributed by atoms with Gasteiger partial charge in [-0.1, -0.05) is 24.6 Å². The second-order valence-electron chi connectivity index (χ2n) is 6.01. The third-order valence-corrected chi connectivity index (χ3v) is 4.31. The summed E-state index contributed by atoms with van der Waals surface area (Å²) >= 11 is 0. The van der Waals surface area contributed by atoms with E-state index in [0.717, 1.165) is 44.0 Å². The molecule has 0 saturated carbocycles. The number of anilines is 2. The van der Waals surface area contributed by atoms with Gasteiger partial charge in [0.2, 0.25) is 5.95 Å². The number of rotatable bonds is 4. The number of hydrogen-bond donors (Lipinski definition) is 1. The summed E-state index contributed by atoms with van der Waals surface area (Å²) in [6.07, 6.45) is 3.19. The fourth-order valence-electron chi connectivity index (χ4n) is 2.71. The molecular formula is C18H23N5O. The third kappa shape index (κ3) is 3.89. The first-order valence-electron chi connectivity index (χ1n) is 8.33. The van der Waals surface area contributed by atoms with E-state index in [4.69, 9.17) is 0 Å². The lowest BCUT2D eigenvalue weighted by Gasteiger charge is -2.33. The first-order valence-corrected chi connectivity index (χ1v) is 8.33. The summed E-state index contributed by atoms with van der Waals surface area (Å²) in [4.78, 5) is 25.6. The van der Waals surface area contributed by atoms with Gasteiger partial charge in [-0.05, 0) is 25.6 Å². The standard InChI is InChI=1S/C18H23N5O/c1-3-22-8-10-23(11-9-22)18-19-12-15(13-20-18)17(24)21-16-6-4-14(2)5-7-16/h4-7,12-13H,3,8-11H2,1-2H3,(H,21,24). The zero-order valence-corrected chi connectivity index (χ0v) is 14.2. The van der Waals surface area contributed by atoms with Crippen LogP contribution < -0.4 is 10.2 Å². The molecule has 0 bridgehead atoms. The van der Waals surface area contributed by atoms with E-state index in [1.807, 2.05) is 31.2 Å². The first-order chi connectivity index (χ1) is 11.7. The largest absolute Gasteiger partial charge is 0.338 e. The molecule has 6 nitrogen and oxygen atoms in total. The molecule has 2 heterocycles. The van der Waals surface area contributed by atoms with Gasteiger partial charge in [-0.2, -0.15) is 0 Å². The quantitative estimate of drug-likeness (QED) is 0.933. The highest BCUT2D eigenvalue weighted by atomic mass is 16.1. The van der Waals surface area contributed by atoms with Crippen molar-refractivity contribution in [2.75, 3.05) is 42.9 Å². The Hall–Kier alpha value is -2.47. The molecule has 0 atom stereocenters. The van der Waals surface area contributed by atoms with E-state index in [1.54, 1.807) is 12.4 Å². The SMILES string of the molecule is CCN1CCN(c2ncc(C(=O)Nc3ccc(C)cc3)cn2)CC1. The molecule has 0 unspecified atom stereocenters. The highest BCUT2D eigenvalue weighted by Crippen LogP contribution is 2.13. The highest BCUT2D eigenvalue weighted by molar-refractivity contribution is 6.03. The summed E-state index contributed by atoms with van der Waals surface area (Å²) in [5.74, 6) is 0.499. The van der Waals surface area contributed by atoms with Gasteiger partial charge in [-0.15, -0.1) is 0 Å². The molecule has 1 N–H and O–H groups in total. The molecule has 1 aromatic carbocycles. The number of aromatic nitrogens is 2. The summed E-state index contributed by atoms with van der Waals surface area (Å²) < 4.78 is 0. The van der Waals surface area contributed by atoms with Crippen molar-refractivity contribution >= 4 is 17.5 Å². The van der Waals surface area contributed by atoms with Crippen molar-refractivity contribution in [2.24, 2.45) is 0 Å². The number of nitrogens with zero attached hydrogens (tertiary/aromatic N) is 4. The summed E-state index contributed by atoms with van der Waals surface area (Å²) in [6.45, 7) is 9.15. The number of piperazine rings is 1. The first kappa shape index (κ1) is 16.4. The topological polar surface area (TPSA) is 61.4 Å². The predicted molar refractivity (Wildman–Crippen MR) is 95.5 cm³/mol. The van der Waals surface area contributed by atoms with Crippen LogP contribution in [0.4, 0.5) is 11.6 Å². The van der Waals surface area contributed by atoms with Crippen LogP contribution in [0.1, 0.15) is 22.8 Å². The molecule has 6 heteroatoms. The maximum absolute atomic E-state index is 12.3. The minimum Gasteiger partial charge on any atom is -0.338 e. The van der Waals surface area contributed by atoms with Crippen LogP contribution in [0.5, 0.6) is 0 Å². The highest BCUT2D eigenvalue weighted by Gasteiger charge is 2.18. The molecule has 0 spiro atoms. The van der Waals surface area contributed by atoms with E-state index in [-0.39, 0.29) is 5.91 Å². The predicted octanol–water partition coefficient (Wildman–Crippen LogP) is 2.18. The fraction of sp³-hybridized carbons (Fsp3) is 0.389. The Bertz CT molecular complexity index is 676. The van der Waals surface area contributed by atoms with Crippen molar-refractivity contribution in [1.29, 1.82) is 0 Å². The van der Waals surface area contributed by atoms with Gasteiger partial charge in [0.05, 0.1) is 5.56 Å². The summed E-state index contributed by atoms with van der Waals surface area (Å²) in [5.41, 5.74) is 2.39. The molecule has 1 aliphatic rings. The van der Waals surface area contributed by atoms with Crippen LogP contribution in [0.25, 0.3) is 0 Å². The van der Waals surface area contributed by atoms with Crippen molar-refractivity contribution in [3.05, 3.63) is 47.8 Å². The van der Waals surface area contributed by atoms with Crippen LogP contribution in [0, 0.1) is 6.92 Å². The Morgan fingerprint density at radius 1 is 1.08 bits per heavy atom. The molecule has 1 aromatic heterocycles. The van der Waals surface area contributed by atoms with E-state index in [1.165, 1.54) is 0 Å². The number of nitrogens with one attached hydrogen (secondary N) is 1. The Balaban J connectivity index is 1.61. The van der Waals surface area contributed by atoms with Crippen LogP contribution in [0.2, 0.25) is 0 Å². The second-order valence-corrected chi connectivity index (χ2v) is 6.01. The van der Waals surface area contributed by atoms with E-state index in [9.17, 15) is 4.79 Å². The van der Waals surface area contributed by atoms with Gasteiger partial charge >= 0.3 is 0 Å². The number of carbonyl (C=O) groups is 1. The number of aryl methyl sites for hydroxylation is 1. The molecule has 0 aliphatic carbocycles. The van der Waals surface area contributed by atoms with Gasteiger partial charge in [-0.3, -0.25) is 4.79 Å². The van der Waals surface area contributed by atoms with Crippen molar-refractivity contribution in [1.82, 2.24) is 14.9 Å². The molecule has 0 radical (unpaired) electrons. The minimum absolute atomic E-state index is 0.193. The average molecular weight is 325 g/mol. The van der Waals surface area contributed by atoms with Crippen molar-refractivity contribution in [2.45, 2.75) is 13.8 Å². The van der Waals surface area contributed by atoms with Crippen molar-refractivity contribution < 1.29 is 4.79 Å². The van der Waals surface area contributed by atoms with E-state index in [2.05, 4.69) is 32.0 Å². The normalized spacial score (nSPS) is 15.3. The molecule has 1 saturated heterocycles. The van der Waals surface area contributed by atoms with E-state index >= 15 is 0 Å². The molecule has 1 aliphatic heterocycles. The van der Waals surface area contributed by atoms with Crippen LogP contribution in [-0.2, 0) is 0 Å². The number of hydrogen-bond acceptors (Lipinski definition) is 5. The molecule has 2 aromatic rings. The van der Waals surface area contributed by atoms with Crippen LogP contribution in [0.3, 0.4) is 0 Å². The van der Waals surface area contributed by atoms with Gasteiger partial charge < -0.3 is 15.1 Å². The van der Waals surface area contributed by atoms with Crippen LogP contribution in [0.15, 0.2) is 36.7 Å². The minimum atomic E-state index is -0.193. The Labute approximate surface area is 142 Å². The molecule has 1 fully saturated rings. The van der Waals surface area contributed by atoms with Gasteiger partial charge in [0.1, 0.15) is 0 Å². The van der Waals surface area contributed by atoms with Gasteiger partial charge in [0, 0.05) is 44.3 Å². The van der Waals surface area contributed by atoms with Gasteiger partial charge in [0.25, 0.3) is 5.91 Å². The molecule has 1 amide bonds. The molecule has 126 valence electrons. The summed E-state index contributed by atoms with van der Waals surface area (Å²) in [6, 6.07) is 7.70. The number of carbonyl (C=O) groups excluding carboxylic acids is 1. The van der Waals surface area contributed by atoms with E-state index in [0.29, 0.717) is 11.5 Å². The molecule has 24 heavy (non-hydrogen) atoms. The van der Waals surface area contributed by atoms with E-state index < -0.39 is 0 Å². The van der Waals surface area contributed by atoms with Crippen LogP contribution in [-0.4, -0.2) is 53.5 Å². The number of amides is 1. The Kier molecular flexibility index (Phi) is 5.05. The maximum atomic E-state index is 12.3. The van der Waals surface area contributed by atoms with Crippen molar-refractivity contribution in [3.63, 3.8) is 0 Å². The third-order valence-electron chi connectivity index (χ3n) is 4.31. The molecule has 3 rings (SSSR count). The second kappa shape index (κ2) is 7.40. The van der Waals surface area contributed by atoms with Gasteiger partial charge in [-0.25, -0.2) is 9.97 Å². The summed E-state index contributed by atoms with van der Waals surface area (Å²) in [7, 11) is 0. The Morgan fingerprint density at radius 3 is 2.29 bits per heavy atom. The Morgan fingerprint density at radius 2 is 1.71 bits per heavy atom. The maximum Gasteiger partial charge on any atom is 0.258 e. The van der Waals surface area contributed by atoms with Gasteiger partial charge in [0.15, 0.2) is 0 Å². The van der Waals surface area contributed by atoms with Crippen LogP contribution >= 0.6 is 0 Å². The monoisotopic (exact) mass is 325 g/mol. The summed E-state index contributed by atoms with van der Waals surface area (Å²) in [5, 5.41) is 2.86. The smallest absolute Gasteiger partial charge is 0.258 e. The zero-order chi connectivity index (χ0) is 16.9. The number of likely N-dealkylation sites (N-methyl/N-ethyl adjacent to an activating group) is 1. The zero-order valence-electron chi connectivity index (χ0n) is 14.2. The fourth-order valence-corrected chi connectivity index (χ4v) is 2.71. The number of benzene rings is 1. The lowest BCUT2D eigenvalue weighted by atomic mass is 10.2. The van der Waals surface area contributed by atoms with Crippen molar-refractivity contribution in [3.8, 4) is 0 Å².